The van der Waals surface area contributed by atoms with Crippen molar-refractivity contribution in [1.82, 2.24) is 5.32 Å². The number of hydrogen-bond donors (Lipinski definition) is 1. The molecule has 0 spiro atoms. The molecule has 1 fully saturated rings. The molecule has 1 aliphatic carbocycles. The molecule has 2 heteroatoms. The smallest absolute Gasteiger partial charge is 0.0443 e. The lowest BCUT2D eigenvalue weighted by molar-refractivity contribution is 0.178. The van der Waals surface area contributed by atoms with Gasteiger partial charge in [-0.25, -0.2) is 0 Å². The Bertz CT molecular complexity index is 374. The zero-order chi connectivity index (χ0) is 13.8. The molecule has 1 N–H and O–H groups in total. The Morgan fingerprint density at radius 1 is 1.21 bits per heavy atom. The molecule has 19 heavy (non-hydrogen) atoms. The molecule has 1 heterocycles. The van der Waals surface area contributed by atoms with Gasteiger partial charge in [-0.15, -0.1) is 11.3 Å². The van der Waals surface area contributed by atoms with Crippen molar-refractivity contribution >= 4 is 11.3 Å². The number of hydrogen-bond acceptors (Lipinski definition) is 2. The minimum atomic E-state index is 0.587. The third-order valence-corrected chi connectivity index (χ3v) is 5.45. The van der Waals surface area contributed by atoms with Crippen molar-refractivity contribution in [3.8, 4) is 0 Å². The van der Waals surface area contributed by atoms with Crippen LogP contribution >= 0.6 is 11.3 Å². The Labute approximate surface area is 122 Å². The lowest BCUT2D eigenvalue weighted by Gasteiger charge is -2.36. The number of nitrogens with one attached hydrogen (secondary N) is 1. The highest BCUT2D eigenvalue weighted by Gasteiger charge is 2.31. The van der Waals surface area contributed by atoms with E-state index in [0.717, 1.165) is 24.3 Å². The highest BCUT2D eigenvalue weighted by Crippen LogP contribution is 2.41. The van der Waals surface area contributed by atoms with E-state index < -0.39 is 0 Å². The maximum Gasteiger partial charge on any atom is 0.0443 e. The van der Waals surface area contributed by atoms with Gasteiger partial charge < -0.3 is 5.32 Å². The largest absolute Gasteiger partial charge is 0.309 e. The van der Waals surface area contributed by atoms with E-state index in [1.54, 1.807) is 4.88 Å². The average molecular weight is 279 g/mol. The first-order chi connectivity index (χ1) is 9.10. The molecule has 3 unspecified atom stereocenters. The lowest BCUT2D eigenvalue weighted by Crippen LogP contribution is -2.33. The molecule has 0 saturated heterocycles. The first kappa shape index (κ1) is 15.1. The molecule has 0 bridgehead atoms. The first-order valence-electron chi connectivity index (χ1n) is 7.89. The standard InChI is InChI=1S/C17H29NS/c1-5-8-18-17(16-7-6-14(4)19-16)15-10-12(2)9-13(3)11-15/h6-7,12-13,15,17-18H,5,8-11H2,1-4H3. The summed E-state index contributed by atoms with van der Waals surface area (Å²) in [6.07, 6.45) is 5.42. The second kappa shape index (κ2) is 6.90. The fourth-order valence-corrected chi connectivity index (χ4v) is 4.75. The van der Waals surface area contributed by atoms with Crippen molar-refractivity contribution < 1.29 is 0 Å². The van der Waals surface area contributed by atoms with Crippen molar-refractivity contribution in [2.75, 3.05) is 6.54 Å². The Morgan fingerprint density at radius 2 is 1.89 bits per heavy atom. The van der Waals surface area contributed by atoms with Crippen molar-refractivity contribution in [2.45, 2.75) is 59.4 Å². The SMILES string of the molecule is CCCNC(c1ccc(C)s1)C1CC(C)CC(C)C1. The first-order valence-corrected chi connectivity index (χ1v) is 8.71. The van der Waals surface area contributed by atoms with Gasteiger partial charge in [0.2, 0.25) is 0 Å². The summed E-state index contributed by atoms with van der Waals surface area (Å²) >= 11 is 1.98. The van der Waals surface area contributed by atoms with Gasteiger partial charge in [0.05, 0.1) is 0 Å². The second-order valence-electron chi connectivity index (χ2n) is 6.56. The molecule has 108 valence electrons. The van der Waals surface area contributed by atoms with E-state index >= 15 is 0 Å². The molecule has 1 aromatic rings. The molecule has 1 nitrogen and oxygen atoms in total. The monoisotopic (exact) mass is 279 g/mol. The van der Waals surface area contributed by atoms with Crippen LogP contribution in [0.4, 0.5) is 0 Å². The molecule has 2 rings (SSSR count). The zero-order valence-electron chi connectivity index (χ0n) is 12.9. The van der Waals surface area contributed by atoms with Crippen molar-refractivity contribution in [2.24, 2.45) is 17.8 Å². The minimum Gasteiger partial charge on any atom is -0.309 e. The van der Waals surface area contributed by atoms with E-state index in [4.69, 9.17) is 0 Å². The van der Waals surface area contributed by atoms with Crippen LogP contribution in [0.1, 0.15) is 62.3 Å². The summed E-state index contributed by atoms with van der Waals surface area (Å²) in [6.45, 7) is 10.5. The fraction of sp³-hybridized carbons (Fsp3) is 0.765. The van der Waals surface area contributed by atoms with Crippen molar-refractivity contribution in [1.29, 1.82) is 0 Å². The van der Waals surface area contributed by atoms with Crippen LogP contribution in [0.2, 0.25) is 0 Å². The van der Waals surface area contributed by atoms with E-state index in [-0.39, 0.29) is 0 Å². The fourth-order valence-electron chi connectivity index (χ4n) is 3.70. The highest BCUT2D eigenvalue weighted by atomic mass is 32.1. The van der Waals surface area contributed by atoms with Gasteiger partial charge in [0, 0.05) is 15.8 Å². The highest BCUT2D eigenvalue weighted by molar-refractivity contribution is 7.12. The summed E-state index contributed by atoms with van der Waals surface area (Å²) in [7, 11) is 0. The maximum absolute atomic E-state index is 3.82. The van der Waals surface area contributed by atoms with Crippen LogP contribution in [0.3, 0.4) is 0 Å². The van der Waals surface area contributed by atoms with Crippen LogP contribution in [0.25, 0.3) is 0 Å². The van der Waals surface area contributed by atoms with Crippen LogP contribution in [0, 0.1) is 24.7 Å². The average Bonchev–Trinajstić information content (AvgIpc) is 2.75. The summed E-state index contributed by atoms with van der Waals surface area (Å²) in [4.78, 5) is 2.99. The van der Waals surface area contributed by atoms with Gasteiger partial charge in [0.1, 0.15) is 0 Å². The van der Waals surface area contributed by atoms with E-state index in [1.807, 2.05) is 11.3 Å². The third-order valence-electron chi connectivity index (χ3n) is 4.37. The van der Waals surface area contributed by atoms with Crippen LogP contribution in [0.15, 0.2) is 12.1 Å². The minimum absolute atomic E-state index is 0.587. The molecule has 1 aromatic heterocycles. The van der Waals surface area contributed by atoms with Gasteiger partial charge in [-0.2, -0.15) is 0 Å². The van der Waals surface area contributed by atoms with Gasteiger partial charge in [0.15, 0.2) is 0 Å². The molecule has 1 aliphatic rings. The van der Waals surface area contributed by atoms with E-state index in [0.29, 0.717) is 6.04 Å². The normalized spacial score (nSPS) is 29.4. The van der Waals surface area contributed by atoms with Crippen LogP contribution in [-0.2, 0) is 0 Å². The van der Waals surface area contributed by atoms with Gasteiger partial charge in [-0.05, 0) is 69.0 Å². The number of thiophene rings is 1. The molecule has 0 aromatic carbocycles. The summed E-state index contributed by atoms with van der Waals surface area (Å²) in [5.74, 6) is 2.60. The maximum atomic E-state index is 3.82. The molecule has 0 aliphatic heterocycles. The quantitative estimate of drug-likeness (QED) is 0.784. The molecule has 3 atom stereocenters. The summed E-state index contributed by atoms with van der Waals surface area (Å²) < 4.78 is 0. The van der Waals surface area contributed by atoms with Gasteiger partial charge >= 0.3 is 0 Å². The summed E-state index contributed by atoms with van der Waals surface area (Å²) in [5.41, 5.74) is 0. The Morgan fingerprint density at radius 3 is 2.42 bits per heavy atom. The Kier molecular flexibility index (Phi) is 5.47. The van der Waals surface area contributed by atoms with E-state index in [2.05, 4.69) is 45.1 Å². The number of aryl methyl sites for hydroxylation is 1. The number of rotatable bonds is 5. The van der Waals surface area contributed by atoms with Crippen molar-refractivity contribution in [3.05, 3.63) is 21.9 Å². The Balaban J connectivity index is 2.12. The predicted molar refractivity (Wildman–Crippen MR) is 85.8 cm³/mol. The van der Waals surface area contributed by atoms with Crippen molar-refractivity contribution in [3.63, 3.8) is 0 Å². The van der Waals surface area contributed by atoms with Crippen LogP contribution in [-0.4, -0.2) is 6.54 Å². The lowest BCUT2D eigenvalue weighted by atomic mass is 9.73. The van der Waals surface area contributed by atoms with Gasteiger partial charge in [0.25, 0.3) is 0 Å². The topological polar surface area (TPSA) is 12.0 Å². The second-order valence-corrected chi connectivity index (χ2v) is 7.88. The third kappa shape index (κ3) is 4.06. The van der Waals surface area contributed by atoms with Crippen LogP contribution in [0.5, 0.6) is 0 Å². The summed E-state index contributed by atoms with van der Waals surface area (Å²) in [5, 5.41) is 3.82. The Hall–Kier alpha value is -0.340. The van der Waals surface area contributed by atoms with Crippen LogP contribution < -0.4 is 5.32 Å². The van der Waals surface area contributed by atoms with E-state index in [1.165, 1.54) is 30.6 Å². The van der Waals surface area contributed by atoms with E-state index in [9.17, 15) is 0 Å². The molecule has 0 amide bonds. The molecule has 1 saturated carbocycles. The zero-order valence-corrected chi connectivity index (χ0v) is 13.7. The molecular formula is C17H29NS. The van der Waals surface area contributed by atoms with Gasteiger partial charge in [-0.3, -0.25) is 0 Å². The summed E-state index contributed by atoms with van der Waals surface area (Å²) in [6, 6.07) is 5.21. The van der Waals surface area contributed by atoms with Gasteiger partial charge in [-0.1, -0.05) is 20.8 Å². The predicted octanol–water partition coefficient (Wildman–Crippen LogP) is 5.17. The molecular weight excluding hydrogens is 250 g/mol. The molecule has 0 radical (unpaired) electrons.